The van der Waals surface area contributed by atoms with Gasteiger partial charge in [0.05, 0.1) is 17.1 Å². The zero-order valence-electron chi connectivity index (χ0n) is 11.3. The van der Waals surface area contributed by atoms with Crippen LogP contribution >= 0.6 is 11.8 Å². The first-order valence-electron chi connectivity index (χ1n) is 6.47. The number of hydrogen-bond donors (Lipinski definition) is 2. The van der Waals surface area contributed by atoms with Gasteiger partial charge in [0, 0.05) is 24.5 Å². The van der Waals surface area contributed by atoms with E-state index in [2.05, 4.69) is 4.98 Å². The lowest BCUT2D eigenvalue weighted by Gasteiger charge is -2.26. The van der Waals surface area contributed by atoms with Gasteiger partial charge in [-0.25, -0.2) is 4.98 Å². The average Bonchev–Trinajstić information content (AvgIpc) is 2.96. The van der Waals surface area contributed by atoms with Gasteiger partial charge >= 0.3 is 5.97 Å². The minimum absolute atomic E-state index is 0.433. The molecule has 106 valence electrons. The van der Waals surface area contributed by atoms with Crippen molar-refractivity contribution in [3.05, 3.63) is 24.0 Å². The van der Waals surface area contributed by atoms with Crippen LogP contribution in [0.3, 0.4) is 0 Å². The van der Waals surface area contributed by atoms with Gasteiger partial charge in [-0.1, -0.05) is 0 Å². The second-order valence-electron chi connectivity index (χ2n) is 5.17. The molecular formula is C14H16N2O3S. The molecule has 20 heavy (non-hydrogen) atoms. The van der Waals surface area contributed by atoms with Crippen molar-refractivity contribution in [2.75, 3.05) is 6.26 Å². The van der Waals surface area contributed by atoms with Crippen LogP contribution in [0.1, 0.15) is 19.0 Å². The highest BCUT2D eigenvalue weighted by Gasteiger charge is 2.46. The lowest BCUT2D eigenvalue weighted by atomic mass is 9.85. The van der Waals surface area contributed by atoms with Crippen LogP contribution in [0.5, 0.6) is 0 Å². The zero-order valence-corrected chi connectivity index (χ0v) is 12.1. The summed E-state index contributed by atoms with van der Waals surface area (Å²) in [6, 6.07) is 3.80. The predicted octanol–water partition coefficient (Wildman–Crippen LogP) is 2.07. The molecule has 2 aromatic rings. The summed E-state index contributed by atoms with van der Waals surface area (Å²) in [5, 5.41) is 21.9. The van der Waals surface area contributed by atoms with E-state index >= 15 is 0 Å². The Balaban J connectivity index is 2.22. The molecule has 0 bridgehead atoms. The summed E-state index contributed by atoms with van der Waals surface area (Å²) in [4.78, 5) is 15.6. The van der Waals surface area contributed by atoms with E-state index in [4.69, 9.17) is 0 Å². The number of fused-ring (bicyclic) bond motifs is 3. The SMILES string of the molecule is CSc1nccc2c1cc1n2CCC1(O)C(C)C(=O)O. The number of hydrogen-bond acceptors (Lipinski definition) is 4. The van der Waals surface area contributed by atoms with Crippen molar-refractivity contribution in [1.29, 1.82) is 0 Å². The Labute approximate surface area is 120 Å². The molecule has 0 radical (unpaired) electrons. The van der Waals surface area contributed by atoms with Gasteiger partial charge in [-0.3, -0.25) is 4.79 Å². The lowest BCUT2D eigenvalue weighted by Crippen LogP contribution is -2.36. The highest BCUT2D eigenvalue weighted by atomic mass is 32.2. The average molecular weight is 292 g/mol. The van der Waals surface area contributed by atoms with Crippen molar-refractivity contribution in [2.24, 2.45) is 5.92 Å². The number of aryl methyl sites for hydroxylation is 1. The number of aliphatic hydroxyl groups is 1. The van der Waals surface area contributed by atoms with Gasteiger partial charge in [0.1, 0.15) is 10.6 Å². The van der Waals surface area contributed by atoms with E-state index in [0.717, 1.165) is 15.9 Å². The molecule has 0 amide bonds. The monoisotopic (exact) mass is 292 g/mol. The highest BCUT2D eigenvalue weighted by Crippen LogP contribution is 2.43. The first-order valence-corrected chi connectivity index (χ1v) is 7.69. The van der Waals surface area contributed by atoms with Gasteiger partial charge in [0.25, 0.3) is 0 Å². The van der Waals surface area contributed by atoms with Crippen LogP contribution in [0, 0.1) is 5.92 Å². The van der Waals surface area contributed by atoms with E-state index < -0.39 is 17.5 Å². The number of carbonyl (C=O) groups is 1. The molecule has 3 rings (SSSR count). The van der Waals surface area contributed by atoms with E-state index in [0.29, 0.717) is 18.7 Å². The fourth-order valence-electron chi connectivity index (χ4n) is 2.98. The normalized spacial score (nSPS) is 22.9. The summed E-state index contributed by atoms with van der Waals surface area (Å²) in [6.45, 7) is 2.19. The number of carboxylic acids is 1. The quantitative estimate of drug-likeness (QED) is 0.847. The number of aromatic nitrogens is 2. The Morgan fingerprint density at radius 3 is 3.00 bits per heavy atom. The summed E-state index contributed by atoms with van der Waals surface area (Å²) >= 11 is 1.55. The van der Waals surface area contributed by atoms with Gasteiger partial charge in [-0.2, -0.15) is 0 Å². The van der Waals surface area contributed by atoms with Crippen LogP contribution in [-0.2, 0) is 16.9 Å². The van der Waals surface area contributed by atoms with E-state index in [1.165, 1.54) is 0 Å². The highest BCUT2D eigenvalue weighted by molar-refractivity contribution is 7.98. The number of carboxylic acid groups (broad SMARTS) is 1. The molecule has 1 aliphatic heterocycles. The molecule has 2 unspecified atom stereocenters. The Morgan fingerprint density at radius 2 is 2.35 bits per heavy atom. The largest absolute Gasteiger partial charge is 0.481 e. The molecular weight excluding hydrogens is 276 g/mol. The van der Waals surface area contributed by atoms with E-state index in [-0.39, 0.29) is 0 Å². The summed E-state index contributed by atoms with van der Waals surface area (Å²) in [6.07, 6.45) is 4.14. The molecule has 2 aromatic heterocycles. The molecule has 2 N–H and O–H groups in total. The Hall–Kier alpha value is -1.53. The third-order valence-electron chi connectivity index (χ3n) is 4.23. The van der Waals surface area contributed by atoms with Gasteiger partial charge in [-0.05, 0) is 25.3 Å². The van der Waals surface area contributed by atoms with Gasteiger partial charge < -0.3 is 14.8 Å². The lowest BCUT2D eigenvalue weighted by molar-refractivity contribution is -0.151. The van der Waals surface area contributed by atoms with Gasteiger partial charge in [0.15, 0.2) is 0 Å². The number of pyridine rings is 1. The van der Waals surface area contributed by atoms with E-state index in [9.17, 15) is 15.0 Å². The topological polar surface area (TPSA) is 75.3 Å². The number of aliphatic carboxylic acids is 1. The summed E-state index contributed by atoms with van der Waals surface area (Å²) in [5.41, 5.74) is 0.388. The second kappa shape index (κ2) is 4.49. The fourth-order valence-corrected chi connectivity index (χ4v) is 3.52. The van der Waals surface area contributed by atoms with Crippen LogP contribution in [0.25, 0.3) is 10.9 Å². The summed E-state index contributed by atoms with van der Waals surface area (Å²) in [5.74, 6) is -1.81. The first kappa shape index (κ1) is 13.5. The molecule has 0 spiro atoms. The summed E-state index contributed by atoms with van der Waals surface area (Å²) in [7, 11) is 0. The minimum Gasteiger partial charge on any atom is -0.481 e. The van der Waals surface area contributed by atoms with E-state index in [1.807, 2.05) is 23.0 Å². The van der Waals surface area contributed by atoms with Crippen molar-refractivity contribution in [1.82, 2.24) is 9.55 Å². The molecule has 0 saturated heterocycles. The summed E-state index contributed by atoms with van der Waals surface area (Å²) < 4.78 is 2.01. The van der Waals surface area contributed by atoms with Crippen LogP contribution < -0.4 is 0 Å². The smallest absolute Gasteiger partial charge is 0.309 e. The van der Waals surface area contributed by atoms with Crippen molar-refractivity contribution >= 4 is 28.6 Å². The van der Waals surface area contributed by atoms with Crippen LogP contribution in [-0.4, -0.2) is 32.0 Å². The molecule has 2 atom stereocenters. The molecule has 6 heteroatoms. The molecule has 1 aliphatic rings. The Bertz CT molecular complexity index is 697. The molecule has 3 heterocycles. The number of rotatable bonds is 3. The minimum atomic E-state index is -1.31. The molecule has 0 saturated carbocycles. The fraction of sp³-hybridized carbons (Fsp3) is 0.429. The maximum atomic E-state index is 11.3. The zero-order chi connectivity index (χ0) is 14.5. The third-order valence-corrected chi connectivity index (χ3v) is 4.95. The van der Waals surface area contributed by atoms with Crippen LogP contribution in [0.4, 0.5) is 0 Å². The second-order valence-corrected chi connectivity index (χ2v) is 5.96. The molecule has 0 fully saturated rings. The van der Waals surface area contributed by atoms with Crippen LogP contribution in [0.15, 0.2) is 23.4 Å². The molecule has 0 aliphatic carbocycles. The van der Waals surface area contributed by atoms with Gasteiger partial charge in [-0.15, -0.1) is 11.8 Å². The predicted molar refractivity (Wildman–Crippen MR) is 76.8 cm³/mol. The number of nitrogens with zero attached hydrogens (tertiary/aromatic N) is 2. The van der Waals surface area contributed by atoms with Crippen molar-refractivity contribution in [3.63, 3.8) is 0 Å². The van der Waals surface area contributed by atoms with E-state index in [1.54, 1.807) is 24.9 Å². The molecule has 5 nitrogen and oxygen atoms in total. The van der Waals surface area contributed by atoms with Gasteiger partial charge in [0.2, 0.25) is 0 Å². The molecule has 0 aromatic carbocycles. The van der Waals surface area contributed by atoms with Crippen LogP contribution in [0.2, 0.25) is 0 Å². The third kappa shape index (κ3) is 1.68. The Kier molecular flexibility index (Phi) is 3.02. The standard InChI is InChI=1S/C14H16N2O3S/c1-8(13(17)18)14(19)4-6-16-10-3-5-15-12(20-2)9(10)7-11(14)16/h3,5,7-8,19H,4,6H2,1-2H3,(H,17,18). The van der Waals surface area contributed by atoms with Crippen molar-refractivity contribution < 1.29 is 15.0 Å². The first-order chi connectivity index (χ1) is 9.49. The maximum absolute atomic E-state index is 11.3. The Morgan fingerprint density at radius 1 is 1.60 bits per heavy atom. The number of thioether (sulfide) groups is 1. The maximum Gasteiger partial charge on any atom is 0.309 e. The van der Waals surface area contributed by atoms with Crippen molar-refractivity contribution in [3.8, 4) is 0 Å². The van der Waals surface area contributed by atoms with Crippen molar-refractivity contribution in [2.45, 2.75) is 30.5 Å².